The molecule has 7 heteroatoms. The highest BCUT2D eigenvalue weighted by Crippen LogP contribution is 2.32. The van der Waals surface area contributed by atoms with Crippen LogP contribution in [0.3, 0.4) is 0 Å². The second kappa shape index (κ2) is 9.61. The van der Waals surface area contributed by atoms with Crippen molar-refractivity contribution < 1.29 is 13.7 Å². The molecule has 0 aliphatic rings. The lowest BCUT2D eigenvalue weighted by molar-refractivity contribution is -0.106. The highest BCUT2D eigenvalue weighted by molar-refractivity contribution is 7.94. The Kier molecular flexibility index (Phi) is 7.50. The van der Waals surface area contributed by atoms with E-state index in [4.69, 9.17) is 37.9 Å². The fourth-order valence-corrected chi connectivity index (χ4v) is 3.10. The predicted molar refractivity (Wildman–Crippen MR) is 102 cm³/mol. The topological polar surface area (TPSA) is 61.5 Å². The minimum absolute atomic E-state index is 0.0778. The van der Waals surface area contributed by atoms with Crippen LogP contribution in [0.5, 0.6) is 0 Å². The van der Waals surface area contributed by atoms with E-state index in [1.165, 1.54) is 0 Å². The van der Waals surface area contributed by atoms with Crippen LogP contribution in [0.2, 0.25) is 10.0 Å². The molecule has 0 spiro atoms. The van der Waals surface area contributed by atoms with Gasteiger partial charge in [0.1, 0.15) is 6.10 Å². The number of aldehydes is 1. The van der Waals surface area contributed by atoms with Gasteiger partial charge in [0.2, 0.25) is 11.6 Å². The van der Waals surface area contributed by atoms with E-state index in [0.29, 0.717) is 27.6 Å². The lowest BCUT2D eigenvalue weighted by Crippen LogP contribution is -2.12. The molecule has 25 heavy (non-hydrogen) atoms. The summed E-state index contributed by atoms with van der Waals surface area (Å²) in [6, 6.07) is 14.9. The first-order valence-electron chi connectivity index (χ1n) is 7.41. The first-order chi connectivity index (χ1) is 12.0. The van der Waals surface area contributed by atoms with Crippen molar-refractivity contribution in [3.63, 3.8) is 0 Å². The minimum atomic E-state index is -0.496. The van der Waals surface area contributed by atoms with E-state index in [9.17, 15) is 4.79 Å². The van der Waals surface area contributed by atoms with E-state index in [1.54, 1.807) is 25.1 Å². The van der Waals surface area contributed by atoms with Crippen molar-refractivity contribution in [1.82, 2.24) is 0 Å². The number of rotatable bonds is 8. The summed E-state index contributed by atoms with van der Waals surface area (Å²) in [6.07, 6.45) is 0.0171. The molecule has 2 aromatic carbocycles. The molecule has 0 aliphatic heterocycles. The molecule has 0 saturated carbocycles. The molecule has 0 amide bonds. The number of nitrogens with two attached hydrogens (primary N) is 1. The number of carbonyl (C=O) groups is 1. The number of benzene rings is 2. The molecule has 0 heterocycles. The van der Waals surface area contributed by atoms with E-state index in [1.807, 2.05) is 30.3 Å². The lowest BCUT2D eigenvalue weighted by Gasteiger charge is -2.17. The summed E-state index contributed by atoms with van der Waals surface area (Å²) in [6.45, 7) is 1.75. The Balaban J connectivity index is 2.00. The second-order valence-corrected chi connectivity index (χ2v) is 6.56. The molecule has 2 aromatic rings. The standard InChI is InChI=1S/C18H17Cl2NO3S/c1-12(14-8-5-9-15(19)17(14)20)23-18(21)16(10-22)24-25-11-13-6-3-2-4-7-13/h2-10,12H,11,21H2,1H3/b18-16+. The third kappa shape index (κ3) is 5.59. The van der Waals surface area contributed by atoms with Gasteiger partial charge in [0.05, 0.1) is 27.8 Å². The molecular weight excluding hydrogens is 381 g/mol. The van der Waals surface area contributed by atoms with E-state index >= 15 is 0 Å². The van der Waals surface area contributed by atoms with Crippen LogP contribution < -0.4 is 5.73 Å². The van der Waals surface area contributed by atoms with Gasteiger partial charge in [0.15, 0.2) is 6.29 Å². The molecule has 0 saturated heterocycles. The molecule has 2 N–H and O–H groups in total. The van der Waals surface area contributed by atoms with Gasteiger partial charge < -0.3 is 14.7 Å². The Hall–Kier alpha value is -1.82. The Morgan fingerprint density at radius 2 is 1.92 bits per heavy atom. The monoisotopic (exact) mass is 397 g/mol. The summed E-state index contributed by atoms with van der Waals surface area (Å²) in [4.78, 5) is 11.2. The van der Waals surface area contributed by atoms with Crippen molar-refractivity contribution in [3.8, 4) is 0 Å². The number of halogens is 2. The third-order valence-electron chi connectivity index (χ3n) is 3.29. The van der Waals surface area contributed by atoms with E-state index < -0.39 is 6.10 Å². The van der Waals surface area contributed by atoms with Crippen LogP contribution in [0.1, 0.15) is 24.2 Å². The van der Waals surface area contributed by atoms with Gasteiger partial charge in [-0.25, -0.2) is 0 Å². The van der Waals surface area contributed by atoms with Gasteiger partial charge >= 0.3 is 0 Å². The van der Waals surface area contributed by atoms with Gasteiger partial charge in [0.25, 0.3) is 0 Å². The zero-order valence-corrected chi connectivity index (χ0v) is 15.8. The number of hydrogen-bond donors (Lipinski definition) is 1. The highest BCUT2D eigenvalue weighted by Gasteiger charge is 2.16. The Bertz CT molecular complexity index is 753. The zero-order valence-electron chi connectivity index (χ0n) is 13.4. The molecule has 4 nitrogen and oxygen atoms in total. The largest absolute Gasteiger partial charge is 0.469 e. The average Bonchev–Trinajstić information content (AvgIpc) is 2.61. The molecule has 2 rings (SSSR count). The smallest absolute Gasteiger partial charge is 0.236 e. The molecule has 0 fully saturated rings. The molecule has 0 aliphatic carbocycles. The van der Waals surface area contributed by atoms with E-state index in [2.05, 4.69) is 0 Å². The van der Waals surface area contributed by atoms with Crippen molar-refractivity contribution in [1.29, 1.82) is 0 Å². The maximum absolute atomic E-state index is 11.2. The Morgan fingerprint density at radius 1 is 1.20 bits per heavy atom. The maximum Gasteiger partial charge on any atom is 0.236 e. The average molecular weight is 398 g/mol. The van der Waals surface area contributed by atoms with Crippen molar-refractivity contribution in [2.45, 2.75) is 18.8 Å². The SMILES string of the molecule is CC(O/C(N)=C(\C=O)OSCc1ccccc1)c1cccc(Cl)c1Cl. The normalized spacial score (nSPS) is 12.9. The van der Waals surface area contributed by atoms with Crippen molar-refractivity contribution in [3.05, 3.63) is 81.3 Å². The third-order valence-corrected chi connectivity index (χ3v) is 4.87. The van der Waals surface area contributed by atoms with Crippen LogP contribution in [0, 0.1) is 0 Å². The summed E-state index contributed by atoms with van der Waals surface area (Å²) >= 11 is 13.3. The van der Waals surface area contributed by atoms with Crippen LogP contribution in [0.4, 0.5) is 0 Å². The van der Waals surface area contributed by atoms with Crippen LogP contribution in [0.15, 0.2) is 60.2 Å². The molecule has 0 radical (unpaired) electrons. The number of carbonyl (C=O) groups excluding carboxylic acids is 1. The number of hydrogen-bond acceptors (Lipinski definition) is 5. The number of ether oxygens (including phenoxy) is 1. The van der Waals surface area contributed by atoms with Gasteiger partial charge in [-0.15, -0.1) is 0 Å². The molecule has 132 valence electrons. The first-order valence-corrected chi connectivity index (χ1v) is 9.08. The maximum atomic E-state index is 11.2. The Labute approximate surface area is 161 Å². The summed E-state index contributed by atoms with van der Waals surface area (Å²) in [5.41, 5.74) is 7.58. The molecular formula is C18H17Cl2NO3S. The fraction of sp³-hybridized carbons (Fsp3) is 0.167. The predicted octanol–water partition coefficient (Wildman–Crippen LogP) is 5.26. The van der Waals surface area contributed by atoms with Crippen molar-refractivity contribution in [2.75, 3.05) is 0 Å². The summed E-state index contributed by atoms with van der Waals surface area (Å²) in [5, 5.41) is 0.805. The van der Waals surface area contributed by atoms with Crippen LogP contribution >= 0.6 is 35.2 Å². The van der Waals surface area contributed by atoms with Gasteiger partial charge in [0, 0.05) is 5.56 Å². The van der Waals surface area contributed by atoms with Crippen LogP contribution in [-0.2, 0) is 19.5 Å². The van der Waals surface area contributed by atoms with Gasteiger partial charge in [-0.1, -0.05) is 65.7 Å². The molecule has 0 bridgehead atoms. The van der Waals surface area contributed by atoms with Crippen LogP contribution in [-0.4, -0.2) is 6.29 Å². The van der Waals surface area contributed by atoms with Crippen molar-refractivity contribution in [2.24, 2.45) is 5.73 Å². The van der Waals surface area contributed by atoms with Gasteiger partial charge in [-0.05, 0) is 18.6 Å². The molecule has 0 aromatic heterocycles. The van der Waals surface area contributed by atoms with E-state index in [0.717, 1.165) is 17.6 Å². The minimum Gasteiger partial charge on any atom is -0.469 e. The summed E-state index contributed by atoms with van der Waals surface area (Å²) in [7, 11) is 0. The number of allylic oxidation sites excluding steroid dienone is 1. The zero-order chi connectivity index (χ0) is 18.2. The first kappa shape index (κ1) is 19.5. The molecule has 1 atom stereocenters. The van der Waals surface area contributed by atoms with Gasteiger partial charge in [-0.3, -0.25) is 4.79 Å². The summed E-state index contributed by atoms with van der Waals surface area (Å²) < 4.78 is 10.9. The Morgan fingerprint density at radius 3 is 2.60 bits per heavy atom. The molecule has 1 unspecified atom stereocenters. The van der Waals surface area contributed by atoms with E-state index in [-0.39, 0.29) is 11.6 Å². The second-order valence-electron chi connectivity index (χ2n) is 5.08. The summed E-state index contributed by atoms with van der Waals surface area (Å²) in [5.74, 6) is 0.381. The fourth-order valence-electron chi connectivity index (χ4n) is 2.00. The van der Waals surface area contributed by atoms with Gasteiger partial charge in [-0.2, -0.15) is 0 Å². The quantitative estimate of drug-likeness (QED) is 0.284. The lowest BCUT2D eigenvalue weighted by atomic mass is 10.1. The van der Waals surface area contributed by atoms with Crippen molar-refractivity contribution >= 4 is 41.5 Å². The highest BCUT2D eigenvalue weighted by atomic mass is 35.5. The van der Waals surface area contributed by atoms with Crippen LogP contribution in [0.25, 0.3) is 0 Å².